The summed E-state index contributed by atoms with van der Waals surface area (Å²) >= 11 is 10.9. The molecule has 0 fully saturated rings. The first kappa shape index (κ1) is 11.5. The third kappa shape index (κ3) is 2.07. The summed E-state index contributed by atoms with van der Waals surface area (Å²) in [6.45, 7) is 0. The Morgan fingerprint density at radius 1 is 1.29 bits per heavy atom. The average molecular weight is 244 g/mol. The fraction of sp³-hybridized carbons (Fsp3) is 0.250. The van der Waals surface area contributed by atoms with Crippen molar-refractivity contribution in [3.05, 3.63) is 28.3 Å². The first-order chi connectivity index (χ1) is 6.38. The number of hydrogen-bond acceptors (Lipinski definition) is 1. The van der Waals surface area contributed by atoms with E-state index in [0.717, 1.165) is 12.1 Å². The van der Waals surface area contributed by atoms with Crippen LogP contribution in [0.2, 0.25) is 5.02 Å². The van der Waals surface area contributed by atoms with E-state index < -0.39 is 11.7 Å². The highest BCUT2D eigenvalue weighted by Crippen LogP contribution is 2.37. The molecule has 0 aliphatic heterocycles. The van der Waals surface area contributed by atoms with E-state index in [1.807, 2.05) is 0 Å². The van der Waals surface area contributed by atoms with Crippen molar-refractivity contribution in [1.29, 1.82) is 0 Å². The van der Waals surface area contributed by atoms with Gasteiger partial charge in [-0.05, 0) is 12.1 Å². The monoisotopic (exact) mass is 243 g/mol. The van der Waals surface area contributed by atoms with E-state index in [2.05, 4.69) is 0 Å². The Balaban J connectivity index is 3.39. The Kier molecular flexibility index (Phi) is 3.17. The maximum Gasteiger partial charge on any atom is 0.416 e. The molecule has 78 valence electrons. The number of nitrogen functional groups attached to an aromatic ring is 1. The second kappa shape index (κ2) is 3.87. The second-order valence-corrected chi connectivity index (χ2v) is 3.29. The van der Waals surface area contributed by atoms with Crippen molar-refractivity contribution < 1.29 is 13.2 Å². The molecule has 0 atom stereocenters. The van der Waals surface area contributed by atoms with Crippen LogP contribution in [-0.4, -0.2) is 0 Å². The molecule has 0 heterocycles. The summed E-state index contributed by atoms with van der Waals surface area (Å²) in [4.78, 5) is 0. The predicted octanol–water partition coefficient (Wildman–Crippen LogP) is 3.68. The molecule has 1 aromatic rings. The molecule has 2 N–H and O–H groups in total. The summed E-state index contributed by atoms with van der Waals surface area (Å²) in [5.74, 6) is -0.318. The molecule has 0 aliphatic carbocycles. The van der Waals surface area contributed by atoms with Gasteiger partial charge in [0.25, 0.3) is 0 Å². The lowest BCUT2D eigenvalue weighted by Gasteiger charge is -2.13. The van der Waals surface area contributed by atoms with Crippen LogP contribution in [0.5, 0.6) is 0 Å². The molecule has 0 spiro atoms. The minimum atomic E-state index is -4.46. The van der Waals surface area contributed by atoms with Gasteiger partial charge in [0, 0.05) is 5.56 Å². The van der Waals surface area contributed by atoms with Gasteiger partial charge in [-0.15, -0.1) is 11.6 Å². The maximum absolute atomic E-state index is 12.4. The number of benzene rings is 1. The SMILES string of the molecule is Nc1c(Cl)ccc(C(F)(F)F)c1CCl. The summed E-state index contributed by atoms with van der Waals surface area (Å²) in [7, 11) is 0. The molecule has 0 unspecified atom stereocenters. The number of rotatable bonds is 1. The fourth-order valence-corrected chi connectivity index (χ4v) is 1.51. The van der Waals surface area contributed by atoms with Crippen LogP contribution in [0.25, 0.3) is 0 Å². The summed E-state index contributed by atoms with van der Waals surface area (Å²) in [5.41, 5.74) is 4.25. The first-order valence-corrected chi connectivity index (χ1v) is 4.49. The van der Waals surface area contributed by atoms with E-state index in [4.69, 9.17) is 28.9 Å². The second-order valence-electron chi connectivity index (χ2n) is 2.62. The van der Waals surface area contributed by atoms with Gasteiger partial charge in [0.15, 0.2) is 0 Å². The van der Waals surface area contributed by atoms with Gasteiger partial charge >= 0.3 is 6.18 Å². The lowest BCUT2D eigenvalue weighted by atomic mass is 10.1. The van der Waals surface area contributed by atoms with E-state index >= 15 is 0 Å². The Morgan fingerprint density at radius 3 is 2.29 bits per heavy atom. The topological polar surface area (TPSA) is 26.0 Å². The molecule has 1 aromatic carbocycles. The van der Waals surface area contributed by atoms with E-state index in [0.29, 0.717) is 0 Å². The lowest BCUT2D eigenvalue weighted by Crippen LogP contribution is -2.10. The zero-order chi connectivity index (χ0) is 10.9. The van der Waals surface area contributed by atoms with Gasteiger partial charge < -0.3 is 5.73 Å². The van der Waals surface area contributed by atoms with Crippen LogP contribution in [0.15, 0.2) is 12.1 Å². The number of halogens is 5. The van der Waals surface area contributed by atoms with Crippen molar-refractivity contribution in [3.8, 4) is 0 Å². The molecule has 0 bridgehead atoms. The number of nitrogens with two attached hydrogens (primary N) is 1. The highest BCUT2D eigenvalue weighted by Gasteiger charge is 2.34. The number of alkyl halides is 4. The predicted molar refractivity (Wildman–Crippen MR) is 50.4 cm³/mol. The zero-order valence-corrected chi connectivity index (χ0v) is 8.34. The van der Waals surface area contributed by atoms with Crippen molar-refractivity contribution in [2.24, 2.45) is 0 Å². The van der Waals surface area contributed by atoms with Crippen molar-refractivity contribution in [2.45, 2.75) is 12.1 Å². The van der Waals surface area contributed by atoms with Crippen LogP contribution in [0, 0.1) is 0 Å². The molecule has 0 aromatic heterocycles. The quantitative estimate of drug-likeness (QED) is 0.591. The number of hydrogen-bond donors (Lipinski definition) is 1. The third-order valence-corrected chi connectivity index (χ3v) is 2.34. The van der Waals surface area contributed by atoms with Gasteiger partial charge in [0.1, 0.15) is 0 Å². The molecule has 1 rings (SSSR count). The van der Waals surface area contributed by atoms with Crippen LogP contribution in [0.4, 0.5) is 18.9 Å². The molecule has 0 aliphatic rings. The van der Waals surface area contributed by atoms with E-state index in [9.17, 15) is 13.2 Å². The molecular formula is C8H6Cl2F3N. The minimum Gasteiger partial charge on any atom is -0.397 e. The van der Waals surface area contributed by atoms with Crippen LogP contribution >= 0.6 is 23.2 Å². The molecule has 0 saturated carbocycles. The Labute approximate surface area is 88.6 Å². The smallest absolute Gasteiger partial charge is 0.397 e. The molecule has 1 nitrogen and oxygen atoms in total. The van der Waals surface area contributed by atoms with Gasteiger partial charge in [-0.1, -0.05) is 11.6 Å². The summed E-state index contributed by atoms with van der Waals surface area (Å²) in [6.07, 6.45) is -4.46. The largest absolute Gasteiger partial charge is 0.416 e. The van der Waals surface area contributed by atoms with Gasteiger partial charge in [-0.25, -0.2) is 0 Å². The van der Waals surface area contributed by atoms with Crippen LogP contribution in [-0.2, 0) is 12.1 Å². The molecular weight excluding hydrogens is 238 g/mol. The highest BCUT2D eigenvalue weighted by molar-refractivity contribution is 6.33. The van der Waals surface area contributed by atoms with Gasteiger partial charge in [0.2, 0.25) is 0 Å². The number of anilines is 1. The summed E-state index contributed by atoms with van der Waals surface area (Å²) in [5, 5.41) is 0.0775. The van der Waals surface area contributed by atoms with Gasteiger partial charge in [-0.3, -0.25) is 0 Å². The van der Waals surface area contributed by atoms with Crippen molar-refractivity contribution >= 4 is 28.9 Å². The average Bonchev–Trinajstić information content (AvgIpc) is 2.07. The first-order valence-electron chi connectivity index (χ1n) is 3.58. The standard InChI is InChI=1S/C8H6Cl2F3N/c9-3-4-5(8(11,12)13)1-2-6(10)7(4)14/h1-2H,3,14H2. The fourth-order valence-electron chi connectivity index (χ4n) is 1.05. The van der Waals surface area contributed by atoms with Crippen LogP contribution in [0.3, 0.4) is 0 Å². The molecule has 0 radical (unpaired) electrons. The van der Waals surface area contributed by atoms with E-state index in [1.54, 1.807) is 0 Å². The van der Waals surface area contributed by atoms with Crippen molar-refractivity contribution in [3.63, 3.8) is 0 Å². The van der Waals surface area contributed by atoms with Gasteiger partial charge in [0.05, 0.1) is 22.2 Å². The molecule has 6 heteroatoms. The van der Waals surface area contributed by atoms with Crippen molar-refractivity contribution in [1.82, 2.24) is 0 Å². The molecule has 14 heavy (non-hydrogen) atoms. The van der Waals surface area contributed by atoms with Crippen molar-refractivity contribution in [2.75, 3.05) is 5.73 Å². The Hall–Kier alpha value is -0.610. The summed E-state index contributed by atoms with van der Waals surface area (Å²) in [6, 6.07) is 1.98. The molecule has 0 amide bonds. The lowest BCUT2D eigenvalue weighted by molar-refractivity contribution is -0.138. The Bertz CT molecular complexity index is 349. The maximum atomic E-state index is 12.4. The van der Waals surface area contributed by atoms with E-state index in [1.165, 1.54) is 0 Å². The van der Waals surface area contributed by atoms with Gasteiger partial charge in [-0.2, -0.15) is 13.2 Å². The minimum absolute atomic E-state index is 0.0775. The van der Waals surface area contributed by atoms with Crippen LogP contribution < -0.4 is 5.73 Å². The summed E-state index contributed by atoms with van der Waals surface area (Å²) < 4.78 is 37.2. The van der Waals surface area contributed by atoms with Crippen LogP contribution in [0.1, 0.15) is 11.1 Å². The zero-order valence-electron chi connectivity index (χ0n) is 6.83. The third-order valence-electron chi connectivity index (χ3n) is 1.74. The Morgan fingerprint density at radius 2 is 1.86 bits per heavy atom. The normalized spacial score (nSPS) is 11.8. The molecule has 0 saturated heterocycles. The highest BCUT2D eigenvalue weighted by atomic mass is 35.5. The van der Waals surface area contributed by atoms with E-state index in [-0.39, 0.29) is 22.2 Å².